The summed E-state index contributed by atoms with van der Waals surface area (Å²) in [6, 6.07) is 8.79. The molecule has 0 radical (unpaired) electrons. The van der Waals surface area contributed by atoms with E-state index in [1.54, 1.807) is 0 Å². The largest absolute Gasteiger partial charge is 0.293 e. The molecule has 16 heavy (non-hydrogen) atoms. The minimum atomic E-state index is 0.765. The van der Waals surface area contributed by atoms with Crippen LogP contribution in [-0.4, -0.2) is 12.8 Å². The van der Waals surface area contributed by atoms with Crippen molar-refractivity contribution in [2.45, 2.75) is 44.9 Å². The minimum Gasteiger partial charge on any atom is -0.293 e. The minimum absolute atomic E-state index is 0.765. The number of aliphatic imine (C=N–C) groups is 1. The predicted octanol–water partition coefficient (Wildman–Crippen LogP) is 4.17. The molecule has 1 nitrogen and oxygen atoms in total. The fraction of sp³-hybridized carbons (Fsp3) is 0.533. The topological polar surface area (TPSA) is 12.4 Å². The van der Waals surface area contributed by atoms with Gasteiger partial charge in [-0.15, -0.1) is 0 Å². The van der Waals surface area contributed by atoms with E-state index in [1.807, 2.05) is 7.05 Å². The van der Waals surface area contributed by atoms with Crippen LogP contribution < -0.4 is 0 Å². The molecule has 0 aromatic heterocycles. The molecule has 0 aliphatic heterocycles. The molecule has 1 aromatic rings. The van der Waals surface area contributed by atoms with Gasteiger partial charge in [-0.3, -0.25) is 4.99 Å². The molecule has 1 aliphatic carbocycles. The molecule has 1 saturated carbocycles. The van der Waals surface area contributed by atoms with Gasteiger partial charge in [0.1, 0.15) is 0 Å². The lowest BCUT2D eigenvalue weighted by Crippen LogP contribution is -2.09. The molecule has 0 spiro atoms. The number of hydrogen-bond acceptors (Lipinski definition) is 1. The zero-order valence-electron chi connectivity index (χ0n) is 10.4. The molecule has 1 heteroatoms. The molecule has 2 rings (SSSR count). The Kier molecular flexibility index (Phi) is 3.76. The number of benzene rings is 1. The van der Waals surface area contributed by atoms with E-state index in [9.17, 15) is 0 Å². The summed E-state index contributed by atoms with van der Waals surface area (Å²) in [5, 5.41) is 0. The van der Waals surface area contributed by atoms with Crippen LogP contribution in [0.25, 0.3) is 0 Å². The average Bonchev–Trinajstić information content (AvgIpc) is 2.39. The molecule has 0 bridgehead atoms. The Balaban J connectivity index is 2.31. The smallest absolute Gasteiger partial charge is 0.0389 e. The lowest BCUT2D eigenvalue weighted by Gasteiger charge is -2.24. The van der Waals surface area contributed by atoms with Crippen LogP contribution in [0.5, 0.6) is 0 Å². The highest BCUT2D eigenvalue weighted by molar-refractivity contribution is 6.00. The summed E-state index contributed by atoms with van der Waals surface area (Å²) in [4.78, 5) is 4.33. The molecule has 0 N–H and O–H groups in total. The highest BCUT2D eigenvalue weighted by Crippen LogP contribution is 2.34. The van der Waals surface area contributed by atoms with E-state index in [-0.39, 0.29) is 0 Å². The van der Waals surface area contributed by atoms with Crippen LogP contribution in [0.4, 0.5) is 0 Å². The standard InChI is InChI=1S/C15H21N/c1-12(16-2)14-10-6-7-11-15(14)13-8-4-3-5-9-13/h6-7,10-11,13H,3-5,8-9H2,1-2H3. The van der Waals surface area contributed by atoms with Crippen molar-refractivity contribution in [3.8, 4) is 0 Å². The van der Waals surface area contributed by atoms with Crippen LogP contribution in [0.3, 0.4) is 0 Å². The molecular formula is C15H21N. The van der Waals surface area contributed by atoms with Gasteiger partial charge in [0, 0.05) is 12.8 Å². The van der Waals surface area contributed by atoms with Crippen molar-refractivity contribution < 1.29 is 0 Å². The van der Waals surface area contributed by atoms with Crippen molar-refractivity contribution in [1.82, 2.24) is 0 Å². The van der Waals surface area contributed by atoms with Gasteiger partial charge in [0.2, 0.25) is 0 Å². The third-order valence-electron chi connectivity index (χ3n) is 3.73. The predicted molar refractivity (Wildman–Crippen MR) is 70.4 cm³/mol. The summed E-state index contributed by atoms with van der Waals surface area (Å²) in [5.41, 5.74) is 4.04. The van der Waals surface area contributed by atoms with E-state index in [1.165, 1.54) is 48.9 Å². The van der Waals surface area contributed by atoms with E-state index >= 15 is 0 Å². The second kappa shape index (κ2) is 5.29. The van der Waals surface area contributed by atoms with E-state index in [0.29, 0.717) is 0 Å². The van der Waals surface area contributed by atoms with E-state index < -0.39 is 0 Å². The third-order valence-corrected chi connectivity index (χ3v) is 3.73. The second-order valence-corrected chi connectivity index (χ2v) is 4.73. The van der Waals surface area contributed by atoms with Crippen molar-refractivity contribution in [3.63, 3.8) is 0 Å². The van der Waals surface area contributed by atoms with Crippen molar-refractivity contribution in [2.75, 3.05) is 7.05 Å². The molecule has 0 saturated heterocycles. The van der Waals surface area contributed by atoms with Gasteiger partial charge >= 0.3 is 0 Å². The third kappa shape index (κ3) is 2.34. The molecule has 0 heterocycles. The Bertz CT molecular complexity index is 373. The Labute approximate surface area is 98.6 Å². The Morgan fingerprint density at radius 1 is 1.12 bits per heavy atom. The second-order valence-electron chi connectivity index (χ2n) is 4.73. The molecule has 1 fully saturated rings. The van der Waals surface area contributed by atoms with E-state index in [4.69, 9.17) is 0 Å². The molecule has 1 aromatic carbocycles. The number of hydrogen-bond donors (Lipinski definition) is 0. The Morgan fingerprint density at radius 3 is 2.50 bits per heavy atom. The van der Waals surface area contributed by atoms with Crippen molar-refractivity contribution in [1.29, 1.82) is 0 Å². The summed E-state index contributed by atoms with van der Waals surface area (Å²) in [6.07, 6.45) is 6.91. The number of nitrogens with zero attached hydrogens (tertiary/aromatic N) is 1. The zero-order chi connectivity index (χ0) is 11.4. The first kappa shape index (κ1) is 11.4. The molecule has 0 amide bonds. The Hall–Kier alpha value is -1.11. The van der Waals surface area contributed by atoms with Crippen LogP contribution in [0.15, 0.2) is 29.3 Å². The van der Waals surface area contributed by atoms with Gasteiger partial charge in [0.15, 0.2) is 0 Å². The summed E-state index contributed by atoms with van der Waals surface area (Å²) in [6.45, 7) is 2.11. The first-order chi connectivity index (χ1) is 7.83. The Morgan fingerprint density at radius 2 is 1.81 bits per heavy atom. The summed E-state index contributed by atoms with van der Waals surface area (Å²) in [5.74, 6) is 0.765. The van der Waals surface area contributed by atoms with Gasteiger partial charge in [-0.2, -0.15) is 0 Å². The van der Waals surface area contributed by atoms with Crippen LogP contribution in [0, 0.1) is 0 Å². The van der Waals surface area contributed by atoms with Gasteiger partial charge in [0.05, 0.1) is 0 Å². The maximum absolute atomic E-state index is 4.33. The summed E-state index contributed by atoms with van der Waals surface area (Å²) < 4.78 is 0. The fourth-order valence-corrected chi connectivity index (χ4v) is 2.72. The molecule has 0 atom stereocenters. The van der Waals surface area contributed by atoms with Gasteiger partial charge in [-0.25, -0.2) is 0 Å². The maximum Gasteiger partial charge on any atom is 0.0389 e. The fourth-order valence-electron chi connectivity index (χ4n) is 2.72. The SMILES string of the molecule is CN=C(C)c1ccccc1C1CCCCC1. The van der Waals surface area contributed by atoms with Gasteiger partial charge in [-0.1, -0.05) is 43.5 Å². The van der Waals surface area contributed by atoms with Gasteiger partial charge < -0.3 is 0 Å². The quantitative estimate of drug-likeness (QED) is 0.656. The van der Waals surface area contributed by atoms with Gasteiger partial charge in [0.25, 0.3) is 0 Å². The first-order valence-corrected chi connectivity index (χ1v) is 6.35. The average molecular weight is 215 g/mol. The summed E-state index contributed by atoms with van der Waals surface area (Å²) in [7, 11) is 1.88. The van der Waals surface area contributed by atoms with Crippen molar-refractivity contribution in [2.24, 2.45) is 4.99 Å². The monoisotopic (exact) mass is 215 g/mol. The molecule has 1 aliphatic rings. The van der Waals surface area contributed by atoms with Gasteiger partial charge in [-0.05, 0) is 36.8 Å². The first-order valence-electron chi connectivity index (χ1n) is 6.35. The molecule has 86 valence electrons. The highest BCUT2D eigenvalue weighted by Gasteiger charge is 2.18. The molecular weight excluding hydrogens is 194 g/mol. The molecule has 0 unspecified atom stereocenters. The van der Waals surface area contributed by atoms with Crippen LogP contribution >= 0.6 is 0 Å². The highest BCUT2D eigenvalue weighted by atomic mass is 14.7. The maximum atomic E-state index is 4.33. The lowest BCUT2D eigenvalue weighted by atomic mass is 9.81. The van der Waals surface area contributed by atoms with Crippen molar-refractivity contribution >= 4 is 5.71 Å². The van der Waals surface area contributed by atoms with Crippen LogP contribution in [0.2, 0.25) is 0 Å². The normalized spacial score (nSPS) is 18.8. The lowest BCUT2D eigenvalue weighted by molar-refractivity contribution is 0.443. The van der Waals surface area contributed by atoms with E-state index in [2.05, 4.69) is 36.2 Å². The van der Waals surface area contributed by atoms with Crippen LogP contribution in [0.1, 0.15) is 56.1 Å². The number of rotatable bonds is 2. The van der Waals surface area contributed by atoms with Crippen molar-refractivity contribution in [3.05, 3.63) is 35.4 Å². The van der Waals surface area contributed by atoms with Crippen LogP contribution in [-0.2, 0) is 0 Å². The summed E-state index contributed by atoms with van der Waals surface area (Å²) >= 11 is 0. The zero-order valence-corrected chi connectivity index (χ0v) is 10.4. The van der Waals surface area contributed by atoms with E-state index in [0.717, 1.165) is 5.92 Å².